The lowest BCUT2D eigenvalue weighted by atomic mass is 10.1. The van der Waals surface area contributed by atoms with Crippen molar-refractivity contribution in [3.8, 4) is 11.3 Å². The average molecular weight is 320 g/mol. The molecule has 0 bridgehead atoms. The van der Waals surface area contributed by atoms with Crippen LogP contribution < -0.4 is 21.9 Å². The predicted molar refractivity (Wildman–Crippen MR) is 82.1 cm³/mol. The van der Waals surface area contributed by atoms with Gasteiger partial charge in [-0.2, -0.15) is 0 Å². The van der Waals surface area contributed by atoms with Gasteiger partial charge in [0, 0.05) is 17.6 Å². The molecule has 0 aliphatic rings. The largest absolute Gasteiger partial charge is 0.439 e. The smallest absolute Gasteiger partial charge is 0.268 e. The molecule has 0 saturated carbocycles. The standard InChI is InChI=1S/C14H11ClN4O3/c1-18-11-9(12(20)19(2)14(18)22)10(16-13(21)17-11)7-4-3-5-8(15)6-7/h3-6H,1-2H3,(H,16,17,21)/p+1. The molecule has 8 heteroatoms. The van der Waals surface area contributed by atoms with Crippen molar-refractivity contribution in [2.75, 3.05) is 0 Å². The van der Waals surface area contributed by atoms with Crippen LogP contribution in [0.25, 0.3) is 22.3 Å². The van der Waals surface area contributed by atoms with Gasteiger partial charge in [0.05, 0.1) is 7.05 Å². The van der Waals surface area contributed by atoms with Crippen LogP contribution in [0, 0.1) is 0 Å². The molecule has 2 N–H and O–H groups in total. The molecule has 3 aromatic rings. The van der Waals surface area contributed by atoms with E-state index >= 15 is 0 Å². The van der Waals surface area contributed by atoms with Crippen LogP contribution >= 0.6 is 11.6 Å². The van der Waals surface area contributed by atoms with Gasteiger partial charge < -0.3 is 0 Å². The number of nitrogens with one attached hydrogen (secondary N) is 2. The van der Waals surface area contributed by atoms with E-state index in [4.69, 9.17) is 11.6 Å². The number of aryl methyl sites for hydroxylation is 1. The van der Waals surface area contributed by atoms with Crippen LogP contribution in [0.5, 0.6) is 0 Å². The molecule has 112 valence electrons. The molecule has 22 heavy (non-hydrogen) atoms. The number of H-pyrrole nitrogens is 2. The molecule has 0 radical (unpaired) electrons. The number of benzene rings is 1. The van der Waals surface area contributed by atoms with Crippen molar-refractivity contribution in [2.24, 2.45) is 14.1 Å². The van der Waals surface area contributed by atoms with Gasteiger partial charge in [0.25, 0.3) is 5.56 Å². The molecular weight excluding hydrogens is 308 g/mol. The molecule has 0 aliphatic carbocycles. The maximum atomic E-state index is 12.5. The molecule has 0 aliphatic heterocycles. The molecule has 2 aromatic heterocycles. The normalized spacial score (nSPS) is 11.0. The lowest BCUT2D eigenvalue weighted by molar-refractivity contribution is -0.374. The van der Waals surface area contributed by atoms with E-state index in [2.05, 4.69) is 9.97 Å². The lowest BCUT2D eigenvalue weighted by Gasteiger charge is -2.06. The summed E-state index contributed by atoms with van der Waals surface area (Å²) in [6.07, 6.45) is 0. The van der Waals surface area contributed by atoms with E-state index in [1.807, 2.05) is 0 Å². The molecule has 0 saturated heterocycles. The molecule has 0 unspecified atom stereocenters. The van der Waals surface area contributed by atoms with Crippen LogP contribution in [-0.2, 0) is 14.1 Å². The summed E-state index contributed by atoms with van der Waals surface area (Å²) < 4.78 is 2.21. The first kappa shape index (κ1) is 14.3. The van der Waals surface area contributed by atoms with E-state index in [1.54, 1.807) is 24.3 Å². The summed E-state index contributed by atoms with van der Waals surface area (Å²) in [6, 6.07) is 6.76. The fraction of sp³-hybridized carbons (Fsp3) is 0.143. The van der Waals surface area contributed by atoms with Crippen molar-refractivity contribution in [1.29, 1.82) is 0 Å². The molecule has 0 spiro atoms. The Morgan fingerprint density at radius 2 is 1.86 bits per heavy atom. The number of fused-ring (bicyclic) bond motifs is 1. The summed E-state index contributed by atoms with van der Waals surface area (Å²) in [4.78, 5) is 41.4. The summed E-state index contributed by atoms with van der Waals surface area (Å²) in [7, 11) is 2.87. The van der Waals surface area contributed by atoms with E-state index < -0.39 is 16.9 Å². The Balaban J connectivity index is 2.59. The number of nitrogens with zero attached hydrogens (tertiary/aromatic N) is 2. The van der Waals surface area contributed by atoms with Gasteiger partial charge in [-0.15, -0.1) is 0 Å². The number of hydrogen-bond donors (Lipinski definition) is 1. The van der Waals surface area contributed by atoms with Crippen molar-refractivity contribution >= 4 is 22.6 Å². The van der Waals surface area contributed by atoms with Gasteiger partial charge in [-0.1, -0.05) is 23.7 Å². The van der Waals surface area contributed by atoms with Crippen LogP contribution in [0.1, 0.15) is 0 Å². The number of halogens is 1. The molecule has 0 fully saturated rings. The van der Waals surface area contributed by atoms with Crippen molar-refractivity contribution in [1.82, 2.24) is 14.1 Å². The number of hydrogen-bond acceptors (Lipinski definition) is 3. The Labute approximate surface area is 128 Å². The molecule has 0 amide bonds. The SMILES string of the molecule is Cn1c(=O)c2c(-c3cccc(Cl)c3)[nH]c(=O)[nH+]c2n(C)c1=O. The van der Waals surface area contributed by atoms with Gasteiger partial charge in [0.15, 0.2) is 5.39 Å². The van der Waals surface area contributed by atoms with Gasteiger partial charge in [-0.25, -0.2) is 28.7 Å². The van der Waals surface area contributed by atoms with E-state index in [1.165, 1.54) is 18.7 Å². The first-order valence-electron chi connectivity index (χ1n) is 6.41. The second-order valence-corrected chi connectivity index (χ2v) is 5.33. The maximum Gasteiger partial charge on any atom is 0.439 e. The Bertz CT molecular complexity index is 1080. The van der Waals surface area contributed by atoms with Crippen molar-refractivity contribution in [3.63, 3.8) is 0 Å². The highest BCUT2D eigenvalue weighted by atomic mass is 35.5. The number of aromatic amines is 2. The highest BCUT2D eigenvalue weighted by molar-refractivity contribution is 6.30. The molecule has 0 atom stereocenters. The number of aromatic nitrogens is 4. The van der Waals surface area contributed by atoms with Gasteiger partial charge >= 0.3 is 11.4 Å². The maximum absolute atomic E-state index is 12.5. The van der Waals surface area contributed by atoms with Crippen LogP contribution in [0.15, 0.2) is 38.6 Å². The minimum absolute atomic E-state index is 0.159. The lowest BCUT2D eigenvalue weighted by Crippen LogP contribution is -2.43. The second-order valence-electron chi connectivity index (χ2n) is 4.89. The minimum Gasteiger partial charge on any atom is -0.268 e. The summed E-state index contributed by atoms with van der Waals surface area (Å²) in [5, 5.41) is 0.687. The first-order valence-corrected chi connectivity index (χ1v) is 6.79. The monoisotopic (exact) mass is 319 g/mol. The second kappa shape index (κ2) is 4.96. The Morgan fingerprint density at radius 3 is 2.55 bits per heavy atom. The van der Waals surface area contributed by atoms with E-state index in [9.17, 15) is 14.4 Å². The zero-order valence-corrected chi connectivity index (χ0v) is 12.6. The first-order chi connectivity index (χ1) is 10.4. The molecule has 2 heterocycles. The summed E-state index contributed by atoms with van der Waals surface area (Å²) in [5.41, 5.74) is -0.480. The Kier molecular flexibility index (Phi) is 3.22. The average Bonchev–Trinajstić information content (AvgIpc) is 2.50. The predicted octanol–water partition coefficient (Wildman–Crippen LogP) is 0.0600. The molecule has 7 nitrogen and oxygen atoms in total. The Hall–Kier alpha value is -2.67. The zero-order valence-electron chi connectivity index (χ0n) is 11.8. The van der Waals surface area contributed by atoms with Crippen LogP contribution in [-0.4, -0.2) is 14.1 Å². The topological polar surface area (TPSA) is 91.0 Å². The minimum atomic E-state index is -0.522. The fourth-order valence-electron chi connectivity index (χ4n) is 2.39. The number of rotatable bonds is 1. The quantitative estimate of drug-likeness (QED) is 0.687. The highest BCUT2D eigenvalue weighted by Gasteiger charge is 2.20. The van der Waals surface area contributed by atoms with Crippen LogP contribution in [0.2, 0.25) is 5.02 Å². The van der Waals surface area contributed by atoms with Gasteiger partial charge in [-0.3, -0.25) is 4.79 Å². The van der Waals surface area contributed by atoms with Gasteiger partial charge in [-0.05, 0) is 12.1 Å². The third-order valence-corrected chi connectivity index (χ3v) is 3.73. The van der Waals surface area contributed by atoms with E-state index in [0.29, 0.717) is 16.3 Å². The summed E-state index contributed by atoms with van der Waals surface area (Å²) >= 11 is 5.97. The van der Waals surface area contributed by atoms with Crippen LogP contribution in [0.4, 0.5) is 0 Å². The summed E-state index contributed by atoms with van der Waals surface area (Å²) in [6.45, 7) is 0. The zero-order chi connectivity index (χ0) is 16.0. The van der Waals surface area contributed by atoms with Crippen LogP contribution in [0.3, 0.4) is 0 Å². The summed E-state index contributed by atoms with van der Waals surface area (Å²) in [5.74, 6) is 0. The highest BCUT2D eigenvalue weighted by Crippen LogP contribution is 2.23. The van der Waals surface area contributed by atoms with Crippen molar-refractivity contribution in [2.45, 2.75) is 0 Å². The fourth-order valence-corrected chi connectivity index (χ4v) is 2.58. The van der Waals surface area contributed by atoms with Gasteiger partial charge in [0.1, 0.15) is 5.69 Å². The molecule has 3 rings (SSSR count). The van der Waals surface area contributed by atoms with Gasteiger partial charge in [0.2, 0.25) is 5.65 Å². The molecule has 1 aromatic carbocycles. The van der Waals surface area contributed by atoms with Crippen molar-refractivity contribution in [3.05, 3.63) is 60.6 Å². The molecular formula is C14H12ClN4O3+. The third kappa shape index (κ3) is 2.06. The van der Waals surface area contributed by atoms with E-state index in [-0.39, 0.29) is 11.0 Å². The Morgan fingerprint density at radius 1 is 1.14 bits per heavy atom. The third-order valence-electron chi connectivity index (χ3n) is 3.50. The van der Waals surface area contributed by atoms with E-state index in [0.717, 1.165) is 4.57 Å². The van der Waals surface area contributed by atoms with Crippen molar-refractivity contribution < 1.29 is 4.98 Å².